The van der Waals surface area contributed by atoms with Gasteiger partial charge in [-0.25, -0.2) is 9.97 Å². The normalized spacial score (nSPS) is 14.3. The molecule has 3 aromatic rings. The fourth-order valence-corrected chi connectivity index (χ4v) is 3.79. The molecule has 1 saturated heterocycles. The van der Waals surface area contributed by atoms with Crippen molar-refractivity contribution in [2.24, 2.45) is 0 Å². The van der Waals surface area contributed by atoms with Gasteiger partial charge >= 0.3 is 0 Å². The SMILES string of the molecule is Cc1sc(-c2ccco2)nc1C(=O)NCc1ccnc(N2CCOCC2)c1. The van der Waals surface area contributed by atoms with Gasteiger partial charge in [0, 0.05) is 30.7 Å². The number of rotatable bonds is 5. The summed E-state index contributed by atoms with van der Waals surface area (Å²) in [4.78, 5) is 24.5. The van der Waals surface area contributed by atoms with Gasteiger partial charge in [-0.15, -0.1) is 11.3 Å². The molecule has 1 N–H and O–H groups in total. The summed E-state index contributed by atoms with van der Waals surface area (Å²) in [7, 11) is 0. The first-order chi connectivity index (χ1) is 13.2. The number of hydrogen-bond acceptors (Lipinski definition) is 7. The van der Waals surface area contributed by atoms with E-state index in [1.165, 1.54) is 11.3 Å². The minimum Gasteiger partial charge on any atom is -0.462 e. The third-order valence-corrected chi connectivity index (χ3v) is 5.33. The fraction of sp³-hybridized carbons (Fsp3) is 0.316. The van der Waals surface area contributed by atoms with E-state index < -0.39 is 0 Å². The van der Waals surface area contributed by atoms with Crippen LogP contribution in [0.5, 0.6) is 0 Å². The quantitative estimate of drug-likeness (QED) is 0.729. The third-order valence-electron chi connectivity index (χ3n) is 4.34. The molecule has 0 spiro atoms. The topological polar surface area (TPSA) is 80.5 Å². The largest absolute Gasteiger partial charge is 0.462 e. The second kappa shape index (κ2) is 7.89. The molecule has 140 valence electrons. The number of hydrogen-bond donors (Lipinski definition) is 1. The summed E-state index contributed by atoms with van der Waals surface area (Å²) in [5.41, 5.74) is 1.44. The number of furan rings is 1. The van der Waals surface area contributed by atoms with E-state index in [-0.39, 0.29) is 5.91 Å². The van der Waals surface area contributed by atoms with Crippen LogP contribution in [0, 0.1) is 6.92 Å². The van der Waals surface area contributed by atoms with Crippen LogP contribution in [-0.2, 0) is 11.3 Å². The lowest BCUT2D eigenvalue weighted by molar-refractivity contribution is 0.0946. The van der Waals surface area contributed by atoms with Gasteiger partial charge in [-0.05, 0) is 36.8 Å². The highest BCUT2D eigenvalue weighted by Gasteiger charge is 2.18. The van der Waals surface area contributed by atoms with E-state index >= 15 is 0 Å². The predicted octanol–water partition coefficient (Wildman–Crippen LogP) is 2.87. The number of nitrogens with zero attached hydrogens (tertiary/aromatic N) is 3. The van der Waals surface area contributed by atoms with Crippen molar-refractivity contribution < 1.29 is 13.9 Å². The number of carbonyl (C=O) groups excluding carboxylic acids is 1. The number of aromatic nitrogens is 2. The first-order valence-electron chi connectivity index (χ1n) is 8.78. The minimum absolute atomic E-state index is 0.189. The molecule has 4 rings (SSSR count). The Kier molecular flexibility index (Phi) is 5.17. The lowest BCUT2D eigenvalue weighted by atomic mass is 10.2. The monoisotopic (exact) mass is 384 g/mol. The van der Waals surface area contributed by atoms with E-state index in [4.69, 9.17) is 9.15 Å². The molecule has 0 radical (unpaired) electrons. The number of thiazole rings is 1. The second-order valence-electron chi connectivity index (χ2n) is 6.21. The third kappa shape index (κ3) is 4.01. The predicted molar refractivity (Wildman–Crippen MR) is 103 cm³/mol. The summed E-state index contributed by atoms with van der Waals surface area (Å²) >= 11 is 1.45. The van der Waals surface area contributed by atoms with E-state index in [0.717, 1.165) is 29.3 Å². The maximum absolute atomic E-state index is 12.6. The zero-order valence-corrected chi connectivity index (χ0v) is 15.8. The van der Waals surface area contributed by atoms with Crippen molar-refractivity contribution in [1.29, 1.82) is 0 Å². The molecule has 0 aromatic carbocycles. The highest BCUT2D eigenvalue weighted by atomic mass is 32.1. The molecule has 0 atom stereocenters. The number of pyridine rings is 1. The highest BCUT2D eigenvalue weighted by Crippen LogP contribution is 2.27. The molecular weight excluding hydrogens is 364 g/mol. The van der Waals surface area contributed by atoms with Gasteiger partial charge in [0.25, 0.3) is 5.91 Å². The molecule has 4 heterocycles. The van der Waals surface area contributed by atoms with Gasteiger partial charge in [0.15, 0.2) is 10.8 Å². The second-order valence-corrected chi connectivity index (χ2v) is 7.41. The van der Waals surface area contributed by atoms with Crippen LogP contribution < -0.4 is 10.2 Å². The lowest BCUT2D eigenvalue weighted by Gasteiger charge is -2.28. The van der Waals surface area contributed by atoms with Crippen LogP contribution in [0.4, 0.5) is 5.82 Å². The van der Waals surface area contributed by atoms with Crippen LogP contribution in [0.15, 0.2) is 41.1 Å². The molecule has 27 heavy (non-hydrogen) atoms. The first kappa shape index (κ1) is 17.7. The molecule has 0 aliphatic carbocycles. The fourth-order valence-electron chi connectivity index (χ4n) is 2.91. The van der Waals surface area contributed by atoms with E-state index in [2.05, 4.69) is 20.2 Å². The number of aryl methyl sites for hydroxylation is 1. The molecule has 1 aliphatic heterocycles. The lowest BCUT2D eigenvalue weighted by Crippen LogP contribution is -2.36. The summed E-state index contributed by atoms with van der Waals surface area (Å²) in [6.07, 6.45) is 3.37. The van der Waals surface area contributed by atoms with Crippen molar-refractivity contribution in [3.8, 4) is 10.8 Å². The van der Waals surface area contributed by atoms with Crippen LogP contribution in [0.1, 0.15) is 20.9 Å². The number of morpholine rings is 1. The summed E-state index contributed by atoms with van der Waals surface area (Å²) in [5.74, 6) is 1.40. The Bertz CT molecular complexity index is 917. The average molecular weight is 384 g/mol. The molecule has 1 aliphatic rings. The zero-order valence-electron chi connectivity index (χ0n) is 15.0. The number of amides is 1. The van der Waals surface area contributed by atoms with Crippen LogP contribution in [0.2, 0.25) is 0 Å². The molecule has 7 nitrogen and oxygen atoms in total. The molecule has 0 bridgehead atoms. The van der Waals surface area contributed by atoms with E-state index in [1.54, 1.807) is 18.5 Å². The van der Waals surface area contributed by atoms with Crippen LogP contribution >= 0.6 is 11.3 Å². The molecule has 1 amide bonds. The number of ether oxygens (including phenoxy) is 1. The van der Waals surface area contributed by atoms with Crippen LogP contribution in [0.25, 0.3) is 10.8 Å². The number of carbonyl (C=O) groups is 1. The highest BCUT2D eigenvalue weighted by molar-refractivity contribution is 7.15. The van der Waals surface area contributed by atoms with Crippen LogP contribution in [0.3, 0.4) is 0 Å². The Labute approximate surface area is 161 Å². The maximum atomic E-state index is 12.6. The van der Waals surface area contributed by atoms with Gasteiger partial charge in [-0.2, -0.15) is 0 Å². The number of anilines is 1. The molecular formula is C19H20N4O3S. The van der Waals surface area contributed by atoms with Crippen molar-refractivity contribution in [2.45, 2.75) is 13.5 Å². The average Bonchev–Trinajstić information content (AvgIpc) is 3.37. The van der Waals surface area contributed by atoms with Crippen molar-refractivity contribution in [2.75, 3.05) is 31.2 Å². The van der Waals surface area contributed by atoms with Crippen molar-refractivity contribution in [3.05, 3.63) is 52.9 Å². The summed E-state index contributed by atoms with van der Waals surface area (Å²) in [5, 5.41) is 3.66. The van der Waals surface area contributed by atoms with Crippen LogP contribution in [-0.4, -0.2) is 42.2 Å². The van der Waals surface area contributed by atoms with Gasteiger partial charge in [-0.3, -0.25) is 4.79 Å². The van der Waals surface area contributed by atoms with E-state index in [0.29, 0.717) is 36.2 Å². The molecule has 0 unspecified atom stereocenters. The van der Waals surface area contributed by atoms with E-state index in [9.17, 15) is 4.79 Å². The molecule has 8 heteroatoms. The Balaban J connectivity index is 1.42. The van der Waals surface area contributed by atoms with Crippen molar-refractivity contribution >= 4 is 23.1 Å². The van der Waals surface area contributed by atoms with Gasteiger partial charge in [0.2, 0.25) is 0 Å². The van der Waals surface area contributed by atoms with Gasteiger partial charge in [-0.1, -0.05) is 0 Å². The zero-order chi connectivity index (χ0) is 18.6. The Morgan fingerprint density at radius 1 is 1.33 bits per heavy atom. The Morgan fingerprint density at radius 3 is 2.96 bits per heavy atom. The Morgan fingerprint density at radius 2 is 2.19 bits per heavy atom. The minimum atomic E-state index is -0.189. The maximum Gasteiger partial charge on any atom is 0.271 e. The van der Waals surface area contributed by atoms with Crippen molar-refractivity contribution in [1.82, 2.24) is 15.3 Å². The summed E-state index contributed by atoms with van der Waals surface area (Å²) < 4.78 is 10.7. The Hall–Kier alpha value is -2.71. The standard InChI is InChI=1S/C19H20N4O3S/c1-13-17(22-19(27-13)15-3-2-8-26-15)18(24)21-12-14-4-5-20-16(11-14)23-6-9-25-10-7-23/h2-5,8,11H,6-7,9-10,12H2,1H3,(H,21,24). The van der Waals surface area contributed by atoms with E-state index in [1.807, 2.05) is 25.1 Å². The molecule has 1 fully saturated rings. The number of nitrogens with one attached hydrogen (secondary N) is 1. The first-order valence-corrected chi connectivity index (χ1v) is 9.59. The smallest absolute Gasteiger partial charge is 0.271 e. The van der Waals surface area contributed by atoms with Crippen molar-refractivity contribution in [3.63, 3.8) is 0 Å². The van der Waals surface area contributed by atoms with Gasteiger partial charge in [0.1, 0.15) is 11.5 Å². The molecule has 3 aromatic heterocycles. The summed E-state index contributed by atoms with van der Waals surface area (Å²) in [6.45, 7) is 5.40. The van der Waals surface area contributed by atoms with Gasteiger partial charge in [0.05, 0.1) is 19.5 Å². The van der Waals surface area contributed by atoms with Gasteiger partial charge < -0.3 is 19.4 Å². The summed E-state index contributed by atoms with van der Waals surface area (Å²) in [6, 6.07) is 7.56. The molecule has 0 saturated carbocycles.